The molecule has 2 heterocycles. The van der Waals surface area contributed by atoms with Gasteiger partial charge in [-0.05, 0) is 141 Å². The molecule has 0 N–H and O–H groups in total. The molecule has 1 aliphatic rings. The van der Waals surface area contributed by atoms with Gasteiger partial charge < -0.3 is 14.0 Å². The van der Waals surface area contributed by atoms with Crippen molar-refractivity contribution in [2.24, 2.45) is 0 Å². The average Bonchev–Trinajstić information content (AvgIpc) is 4.01. The second-order valence-electron chi connectivity index (χ2n) is 19.3. The highest BCUT2D eigenvalue weighted by Gasteiger charge is 2.36. The zero-order valence-electron chi connectivity index (χ0n) is 39.0. The number of fused-ring (bicyclic) bond motifs is 10. The summed E-state index contributed by atoms with van der Waals surface area (Å²) in [5.41, 5.74) is 20.5. The minimum absolute atomic E-state index is 0.240. The molecule has 2 aromatic heterocycles. The third-order valence-corrected chi connectivity index (χ3v) is 15.1. The second-order valence-corrected chi connectivity index (χ2v) is 19.3. The monoisotopic (exact) mass is 893 g/mol. The summed E-state index contributed by atoms with van der Waals surface area (Å²) in [5, 5.41) is 7.45. The van der Waals surface area contributed by atoms with Gasteiger partial charge in [0.1, 0.15) is 0 Å². The molecule has 11 aromatic carbocycles. The zero-order valence-corrected chi connectivity index (χ0v) is 39.0. The zero-order chi connectivity index (χ0) is 46.5. The smallest absolute Gasteiger partial charge is 0.0547 e. The molecule has 13 aromatic rings. The third kappa shape index (κ3) is 6.08. The lowest BCUT2D eigenvalue weighted by Gasteiger charge is -2.29. The average molecular weight is 894 g/mol. The van der Waals surface area contributed by atoms with E-state index in [1.807, 2.05) is 0 Å². The number of para-hydroxylation sites is 5. The maximum Gasteiger partial charge on any atom is 0.0547 e. The van der Waals surface area contributed by atoms with Crippen molar-refractivity contribution >= 4 is 71.4 Å². The van der Waals surface area contributed by atoms with E-state index in [2.05, 4.69) is 277 Å². The molecular formula is C67H47N3. The summed E-state index contributed by atoms with van der Waals surface area (Å²) in [6, 6.07) is 91.6. The third-order valence-electron chi connectivity index (χ3n) is 15.1. The molecule has 1 aliphatic carbocycles. The van der Waals surface area contributed by atoms with Crippen molar-refractivity contribution < 1.29 is 0 Å². The highest BCUT2D eigenvalue weighted by atomic mass is 15.1. The summed E-state index contributed by atoms with van der Waals surface area (Å²) in [6.45, 7) is 4.79. The minimum atomic E-state index is -0.240. The Kier molecular flexibility index (Phi) is 8.93. The van der Waals surface area contributed by atoms with Gasteiger partial charge in [-0.25, -0.2) is 0 Å². The first kappa shape index (κ1) is 40.2. The Hall–Kier alpha value is -8.92. The van der Waals surface area contributed by atoms with Gasteiger partial charge in [0.2, 0.25) is 0 Å². The largest absolute Gasteiger partial charge is 0.310 e. The molecule has 14 rings (SSSR count). The SMILES string of the molecule is CC1(C)c2cc(-c3ccc4c5ccccc5n(-c5ccccc5)c4c3)ccc2-c2ccc(N(c3ccccc3)c3ccc(-c4ccc5c(c4)c4ccccc4n5-c4ccccc4)c4ccccc34)cc21. The molecule has 0 atom stereocenters. The number of aromatic nitrogens is 2. The normalized spacial score (nSPS) is 12.8. The first-order valence-electron chi connectivity index (χ1n) is 24.3. The first-order chi connectivity index (χ1) is 34.5. The Morgan fingerprint density at radius 3 is 1.49 bits per heavy atom. The van der Waals surface area contributed by atoms with Crippen LogP contribution in [-0.2, 0) is 5.41 Å². The molecule has 3 heteroatoms. The summed E-state index contributed by atoms with van der Waals surface area (Å²) < 4.78 is 4.79. The van der Waals surface area contributed by atoms with Gasteiger partial charge in [0.05, 0.1) is 27.8 Å². The molecular weight excluding hydrogens is 847 g/mol. The molecule has 0 spiro atoms. The van der Waals surface area contributed by atoms with E-state index in [9.17, 15) is 0 Å². The van der Waals surface area contributed by atoms with Crippen molar-refractivity contribution in [1.82, 2.24) is 9.13 Å². The predicted octanol–water partition coefficient (Wildman–Crippen LogP) is 18.1. The van der Waals surface area contributed by atoms with E-state index in [0.29, 0.717) is 0 Å². The quantitative estimate of drug-likeness (QED) is 0.155. The van der Waals surface area contributed by atoms with Crippen molar-refractivity contribution in [3.05, 3.63) is 260 Å². The van der Waals surface area contributed by atoms with Crippen LogP contribution in [0, 0.1) is 0 Å². The van der Waals surface area contributed by atoms with E-state index in [-0.39, 0.29) is 5.41 Å². The van der Waals surface area contributed by atoms with Crippen LogP contribution in [0.3, 0.4) is 0 Å². The molecule has 330 valence electrons. The van der Waals surface area contributed by atoms with Gasteiger partial charge in [0.15, 0.2) is 0 Å². The fourth-order valence-electron chi connectivity index (χ4n) is 11.8. The minimum Gasteiger partial charge on any atom is -0.310 e. The Morgan fingerprint density at radius 2 is 0.786 bits per heavy atom. The topological polar surface area (TPSA) is 13.1 Å². The predicted molar refractivity (Wildman–Crippen MR) is 296 cm³/mol. The summed E-state index contributed by atoms with van der Waals surface area (Å²) >= 11 is 0. The van der Waals surface area contributed by atoms with Gasteiger partial charge in [-0.15, -0.1) is 0 Å². The summed E-state index contributed by atoms with van der Waals surface area (Å²) in [4.78, 5) is 2.45. The van der Waals surface area contributed by atoms with Gasteiger partial charge in [-0.2, -0.15) is 0 Å². The van der Waals surface area contributed by atoms with Crippen molar-refractivity contribution in [2.75, 3.05) is 4.90 Å². The van der Waals surface area contributed by atoms with E-state index in [4.69, 9.17) is 0 Å². The summed E-state index contributed by atoms with van der Waals surface area (Å²) in [6.07, 6.45) is 0. The number of nitrogens with zero attached hydrogens (tertiary/aromatic N) is 3. The van der Waals surface area contributed by atoms with E-state index < -0.39 is 0 Å². The Labute approximate surface area is 407 Å². The van der Waals surface area contributed by atoms with Gasteiger partial charge in [0.25, 0.3) is 0 Å². The number of hydrogen-bond donors (Lipinski definition) is 0. The molecule has 0 unspecified atom stereocenters. The van der Waals surface area contributed by atoms with Crippen LogP contribution in [0.4, 0.5) is 17.1 Å². The molecule has 0 bridgehead atoms. The first-order valence-corrected chi connectivity index (χ1v) is 24.3. The van der Waals surface area contributed by atoms with Crippen molar-refractivity contribution in [1.29, 1.82) is 0 Å². The molecule has 0 fully saturated rings. The lowest BCUT2D eigenvalue weighted by atomic mass is 9.81. The highest BCUT2D eigenvalue weighted by molar-refractivity contribution is 6.13. The standard InChI is InChI=1S/C67H47N3/c1-67(2)60-41-44(45-31-35-58-56-26-14-16-28-62(56)70(66(58)42-45)49-22-10-5-11-23-49)30-34-53(60)54-36-33-50(43-61(54)67)68(47-18-6-3-7-19-47)64-39-37-51(52-24-12-13-25-55(52)64)46-32-38-65-59(40-46)57-27-15-17-29-63(57)69(65)48-20-8-4-9-21-48/h3-43H,1-2H3. The van der Waals surface area contributed by atoms with E-state index in [1.165, 1.54) is 110 Å². The van der Waals surface area contributed by atoms with Gasteiger partial charge in [-0.1, -0.05) is 172 Å². The Balaban J connectivity index is 0.869. The van der Waals surface area contributed by atoms with Crippen LogP contribution in [0.15, 0.2) is 249 Å². The fraction of sp³-hybridized carbons (Fsp3) is 0.0448. The maximum absolute atomic E-state index is 2.45. The Bertz CT molecular complexity index is 4200. The second kappa shape index (κ2) is 15.6. The number of rotatable bonds is 7. The molecule has 3 nitrogen and oxygen atoms in total. The van der Waals surface area contributed by atoms with Gasteiger partial charge in [-0.3, -0.25) is 0 Å². The van der Waals surface area contributed by atoms with Crippen LogP contribution < -0.4 is 4.90 Å². The van der Waals surface area contributed by atoms with Crippen LogP contribution in [0.5, 0.6) is 0 Å². The lowest BCUT2D eigenvalue weighted by molar-refractivity contribution is 0.660. The highest BCUT2D eigenvalue weighted by Crippen LogP contribution is 2.52. The maximum atomic E-state index is 2.45. The van der Waals surface area contributed by atoms with Crippen LogP contribution in [-0.4, -0.2) is 9.13 Å². The summed E-state index contributed by atoms with van der Waals surface area (Å²) in [5.74, 6) is 0. The molecule has 0 aliphatic heterocycles. The van der Waals surface area contributed by atoms with Crippen molar-refractivity contribution in [3.8, 4) is 44.8 Å². The Morgan fingerprint density at radius 1 is 0.300 bits per heavy atom. The van der Waals surface area contributed by atoms with Gasteiger partial charge >= 0.3 is 0 Å². The molecule has 0 saturated heterocycles. The number of anilines is 3. The molecule has 0 radical (unpaired) electrons. The van der Waals surface area contributed by atoms with Crippen LogP contribution in [0.1, 0.15) is 25.0 Å². The molecule has 0 saturated carbocycles. The van der Waals surface area contributed by atoms with Crippen molar-refractivity contribution in [2.45, 2.75) is 19.3 Å². The van der Waals surface area contributed by atoms with Crippen molar-refractivity contribution in [3.63, 3.8) is 0 Å². The van der Waals surface area contributed by atoms with E-state index in [1.54, 1.807) is 0 Å². The van der Waals surface area contributed by atoms with Gasteiger partial charge in [0, 0.05) is 55.1 Å². The molecule has 70 heavy (non-hydrogen) atoms. The summed E-state index contributed by atoms with van der Waals surface area (Å²) in [7, 11) is 0. The number of benzene rings is 11. The van der Waals surface area contributed by atoms with Crippen LogP contribution in [0.2, 0.25) is 0 Å². The van der Waals surface area contributed by atoms with Crippen LogP contribution in [0.25, 0.3) is 99.1 Å². The molecule has 0 amide bonds. The van der Waals surface area contributed by atoms with E-state index in [0.717, 1.165) is 17.1 Å². The van der Waals surface area contributed by atoms with E-state index >= 15 is 0 Å². The fourth-order valence-corrected chi connectivity index (χ4v) is 11.8. The van der Waals surface area contributed by atoms with Crippen LogP contribution >= 0.6 is 0 Å². The number of hydrogen-bond acceptors (Lipinski definition) is 1. The lowest BCUT2D eigenvalue weighted by Crippen LogP contribution is -2.17.